The summed E-state index contributed by atoms with van der Waals surface area (Å²) in [5.74, 6) is 0.500. The van der Waals surface area contributed by atoms with Crippen molar-refractivity contribution in [2.75, 3.05) is 11.9 Å². The molecule has 0 radical (unpaired) electrons. The van der Waals surface area contributed by atoms with E-state index in [1.807, 2.05) is 27.7 Å². The summed E-state index contributed by atoms with van der Waals surface area (Å²) >= 11 is 0. The van der Waals surface area contributed by atoms with E-state index in [0.29, 0.717) is 18.3 Å². The zero-order valence-electron chi connectivity index (χ0n) is 11.8. The number of rotatable bonds is 7. The highest BCUT2D eigenvalue weighted by Crippen LogP contribution is 2.22. The van der Waals surface area contributed by atoms with Crippen LogP contribution in [-0.4, -0.2) is 33.7 Å². The number of aromatic nitrogens is 2. The molecule has 19 heavy (non-hydrogen) atoms. The molecular formula is C13H21N3O3. The molecular weight excluding hydrogens is 246 g/mol. The van der Waals surface area contributed by atoms with Gasteiger partial charge in [0.05, 0.1) is 18.6 Å². The van der Waals surface area contributed by atoms with Crippen LogP contribution < -0.4 is 10.1 Å². The Morgan fingerprint density at radius 1 is 1.47 bits per heavy atom. The first kappa shape index (κ1) is 15.2. The van der Waals surface area contributed by atoms with Crippen molar-refractivity contribution in [1.82, 2.24) is 9.97 Å². The average molecular weight is 267 g/mol. The maximum atomic E-state index is 10.9. The monoisotopic (exact) mass is 267 g/mol. The lowest BCUT2D eigenvalue weighted by molar-refractivity contribution is -0.137. The van der Waals surface area contributed by atoms with Gasteiger partial charge in [-0.1, -0.05) is 13.8 Å². The van der Waals surface area contributed by atoms with E-state index in [-0.39, 0.29) is 18.4 Å². The van der Waals surface area contributed by atoms with E-state index in [2.05, 4.69) is 15.3 Å². The van der Waals surface area contributed by atoms with Crippen LogP contribution in [-0.2, 0) is 4.79 Å². The summed E-state index contributed by atoms with van der Waals surface area (Å²) < 4.78 is 5.39. The van der Waals surface area contributed by atoms with Crippen molar-refractivity contribution in [3.8, 4) is 5.88 Å². The second-order valence-electron chi connectivity index (χ2n) is 4.68. The van der Waals surface area contributed by atoms with Crippen molar-refractivity contribution in [2.24, 2.45) is 5.92 Å². The van der Waals surface area contributed by atoms with Crippen LogP contribution in [0.4, 0.5) is 5.82 Å². The van der Waals surface area contributed by atoms with Gasteiger partial charge in [0.25, 0.3) is 0 Å². The van der Waals surface area contributed by atoms with Gasteiger partial charge in [0.2, 0.25) is 5.88 Å². The molecule has 0 saturated carbocycles. The Bertz CT molecular complexity index is 435. The lowest BCUT2D eigenvalue weighted by Crippen LogP contribution is -2.29. The number of ether oxygens (including phenoxy) is 1. The molecule has 2 N–H and O–H groups in total. The van der Waals surface area contributed by atoms with Gasteiger partial charge in [-0.05, 0) is 19.8 Å². The second-order valence-corrected chi connectivity index (χ2v) is 4.68. The molecule has 0 bridgehead atoms. The minimum Gasteiger partial charge on any atom is -0.481 e. The molecule has 0 amide bonds. The fraction of sp³-hybridized carbons (Fsp3) is 0.615. The third kappa shape index (κ3) is 4.39. The van der Waals surface area contributed by atoms with Gasteiger partial charge >= 0.3 is 5.97 Å². The Labute approximate surface area is 113 Å². The van der Waals surface area contributed by atoms with Gasteiger partial charge in [0, 0.05) is 6.04 Å². The number of anilines is 1. The molecule has 1 atom stereocenters. The van der Waals surface area contributed by atoms with Gasteiger partial charge in [0.1, 0.15) is 12.1 Å². The van der Waals surface area contributed by atoms with E-state index >= 15 is 0 Å². The minimum absolute atomic E-state index is 0.0467. The van der Waals surface area contributed by atoms with Crippen LogP contribution in [0.15, 0.2) is 6.33 Å². The third-order valence-corrected chi connectivity index (χ3v) is 2.84. The van der Waals surface area contributed by atoms with Gasteiger partial charge in [-0.15, -0.1) is 0 Å². The number of carboxylic acids is 1. The average Bonchev–Trinajstić information content (AvgIpc) is 2.32. The Morgan fingerprint density at radius 3 is 2.68 bits per heavy atom. The number of carboxylic acid groups (broad SMARTS) is 1. The van der Waals surface area contributed by atoms with E-state index in [0.717, 1.165) is 5.56 Å². The zero-order chi connectivity index (χ0) is 14.4. The van der Waals surface area contributed by atoms with Crippen LogP contribution in [0.3, 0.4) is 0 Å². The lowest BCUT2D eigenvalue weighted by Gasteiger charge is -2.22. The van der Waals surface area contributed by atoms with E-state index in [1.54, 1.807) is 0 Å². The normalized spacial score (nSPS) is 12.3. The number of carbonyl (C=O) groups is 1. The summed E-state index contributed by atoms with van der Waals surface area (Å²) in [6, 6.07) is -0.180. The van der Waals surface area contributed by atoms with Crippen molar-refractivity contribution >= 4 is 11.8 Å². The molecule has 1 aromatic heterocycles. The molecule has 1 heterocycles. The molecule has 106 valence electrons. The largest absolute Gasteiger partial charge is 0.481 e. The van der Waals surface area contributed by atoms with Crippen molar-refractivity contribution in [3.05, 3.63) is 11.9 Å². The molecule has 0 saturated heterocycles. The van der Waals surface area contributed by atoms with Crippen molar-refractivity contribution in [1.29, 1.82) is 0 Å². The van der Waals surface area contributed by atoms with Crippen LogP contribution >= 0.6 is 0 Å². The first-order valence-electron chi connectivity index (χ1n) is 6.38. The summed E-state index contributed by atoms with van der Waals surface area (Å²) in [6.45, 7) is 8.21. The fourth-order valence-corrected chi connectivity index (χ4v) is 1.68. The van der Waals surface area contributed by atoms with Gasteiger partial charge in [-0.3, -0.25) is 4.79 Å². The molecule has 1 aromatic rings. The van der Waals surface area contributed by atoms with E-state index in [9.17, 15) is 4.79 Å². The number of hydrogen-bond donors (Lipinski definition) is 2. The van der Waals surface area contributed by atoms with Gasteiger partial charge in [-0.25, -0.2) is 9.97 Å². The predicted molar refractivity (Wildman–Crippen MR) is 72.4 cm³/mol. The predicted octanol–water partition coefficient (Wildman–Crippen LogP) is 2.09. The highest BCUT2D eigenvalue weighted by atomic mass is 16.5. The third-order valence-electron chi connectivity index (χ3n) is 2.84. The molecule has 0 aliphatic carbocycles. The summed E-state index contributed by atoms with van der Waals surface area (Å²) in [7, 11) is 0. The van der Waals surface area contributed by atoms with E-state index < -0.39 is 5.97 Å². The maximum absolute atomic E-state index is 10.9. The van der Waals surface area contributed by atoms with Gasteiger partial charge < -0.3 is 15.2 Å². The van der Waals surface area contributed by atoms with Crippen LogP contribution in [0, 0.1) is 12.8 Å². The molecule has 6 nitrogen and oxygen atoms in total. The highest BCUT2D eigenvalue weighted by molar-refractivity contribution is 5.68. The van der Waals surface area contributed by atoms with Crippen LogP contribution in [0.25, 0.3) is 0 Å². The van der Waals surface area contributed by atoms with Crippen LogP contribution in [0.5, 0.6) is 5.88 Å². The summed E-state index contributed by atoms with van der Waals surface area (Å²) in [6.07, 6.45) is 1.46. The quantitative estimate of drug-likeness (QED) is 0.787. The standard InChI is InChI=1S/C13H21N3O3/c1-5-19-13-9(4)12(14-7-15-13)16-10(8(2)3)6-11(17)18/h7-8,10H,5-6H2,1-4H3,(H,17,18)(H,14,15,16). The zero-order valence-corrected chi connectivity index (χ0v) is 11.8. The Hall–Kier alpha value is -1.85. The van der Waals surface area contributed by atoms with Gasteiger partial charge in [0.15, 0.2) is 0 Å². The Balaban J connectivity index is 2.90. The smallest absolute Gasteiger partial charge is 0.305 e. The first-order valence-corrected chi connectivity index (χ1v) is 6.38. The Morgan fingerprint density at radius 2 is 2.16 bits per heavy atom. The number of hydrogen-bond acceptors (Lipinski definition) is 5. The molecule has 1 rings (SSSR count). The van der Waals surface area contributed by atoms with Crippen molar-refractivity contribution < 1.29 is 14.6 Å². The highest BCUT2D eigenvalue weighted by Gasteiger charge is 2.19. The SMILES string of the molecule is CCOc1ncnc(NC(CC(=O)O)C(C)C)c1C. The van der Waals surface area contributed by atoms with E-state index in [1.165, 1.54) is 6.33 Å². The topological polar surface area (TPSA) is 84.3 Å². The van der Waals surface area contributed by atoms with Gasteiger partial charge in [-0.2, -0.15) is 0 Å². The van der Waals surface area contributed by atoms with Crippen molar-refractivity contribution in [2.45, 2.75) is 40.2 Å². The number of aliphatic carboxylic acids is 1. The van der Waals surface area contributed by atoms with Crippen molar-refractivity contribution in [3.63, 3.8) is 0 Å². The van der Waals surface area contributed by atoms with Crippen LogP contribution in [0.2, 0.25) is 0 Å². The molecule has 0 aromatic carbocycles. The Kier molecular flexibility index (Phi) is 5.54. The summed E-state index contributed by atoms with van der Waals surface area (Å²) in [5.41, 5.74) is 0.792. The van der Waals surface area contributed by atoms with Crippen LogP contribution in [0.1, 0.15) is 32.8 Å². The molecule has 1 unspecified atom stereocenters. The first-order chi connectivity index (χ1) is 8.95. The number of nitrogens with zero attached hydrogens (tertiary/aromatic N) is 2. The minimum atomic E-state index is -0.831. The lowest BCUT2D eigenvalue weighted by atomic mass is 10.0. The molecule has 0 fully saturated rings. The molecule has 0 aliphatic heterocycles. The fourth-order valence-electron chi connectivity index (χ4n) is 1.68. The van der Waals surface area contributed by atoms with E-state index in [4.69, 9.17) is 9.84 Å². The maximum Gasteiger partial charge on any atom is 0.305 e. The number of nitrogens with one attached hydrogen (secondary N) is 1. The molecule has 0 aliphatic rings. The summed E-state index contributed by atoms with van der Waals surface area (Å²) in [4.78, 5) is 19.1. The summed E-state index contributed by atoms with van der Waals surface area (Å²) in [5, 5.41) is 12.1. The second kappa shape index (κ2) is 6.92. The molecule has 0 spiro atoms. The molecule has 6 heteroatoms.